The molecule has 0 amide bonds. The van der Waals surface area contributed by atoms with E-state index < -0.39 is 35.9 Å². The lowest BCUT2D eigenvalue weighted by Gasteiger charge is -2.59. The van der Waals surface area contributed by atoms with Crippen molar-refractivity contribution in [3.05, 3.63) is 34.9 Å². The standard InChI is InChI=1S/C26H38O6/c1-8-10-16(4)23(28)31-18-13-26(7)19(12-11-17-14-30-24(29)20(17)26)25(5,6)21(18)32-22(27)15(3)9-2/h9-11,18-21,24,29H,8,12-14H2,1-7H3/b15-9-,16-10-/t18-,19+,20?,21+,24-,26+/m1/s1. The zero-order valence-electron chi connectivity index (χ0n) is 20.4. The number of aliphatic hydroxyl groups is 1. The third kappa shape index (κ3) is 4.19. The largest absolute Gasteiger partial charge is 0.455 e. The van der Waals surface area contributed by atoms with Crippen LogP contribution in [-0.2, 0) is 23.8 Å². The number of ether oxygens (including phenoxy) is 3. The maximum absolute atomic E-state index is 12.9. The number of esters is 2. The summed E-state index contributed by atoms with van der Waals surface area (Å²) in [5.41, 5.74) is 1.32. The van der Waals surface area contributed by atoms with Gasteiger partial charge in [0, 0.05) is 22.5 Å². The molecule has 178 valence electrons. The minimum absolute atomic E-state index is 0.117. The van der Waals surface area contributed by atoms with Gasteiger partial charge in [0.2, 0.25) is 0 Å². The van der Waals surface area contributed by atoms with E-state index in [-0.39, 0.29) is 17.3 Å². The Morgan fingerprint density at radius 1 is 1.19 bits per heavy atom. The van der Waals surface area contributed by atoms with Crippen molar-refractivity contribution in [3.8, 4) is 0 Å². The van der Waals surface area contributed by atoms with Crippen LogP contribution in [0.4, 0.5) is 0 Å². The molecular formula is C26H38O6. The van der Waals surface area contributed by atoms with Gasteiger partial charge < -0.3 is 19.3 Å². The maximum Gasteiger partial charge on any atom is 0.333 e. The van der Waals surface area contributed by atoms with Gasteiger partial charge in [0.15, 0.2) is 6.29 Å². The Morgan fingerprint density at radius 2 is 1.84 bits per heavy atom. The molecule has 0 aromatic carbocycles. The van der Waals surface area contributed by atoms with Gasteiger partial charge in [-0.3, -0.25) is 0 Å². The third-order valence-electron chi connectivity index (χ3n) is 7.92. The minimum atomic E-state index is -0.882. The first-order valence-corrected chi connectivity index (χ1v) is 11.7. The van der Waals surface area contributed by atoms with E-state index in [1.54, 1.807) is 26.8 Å². The molecule has 1 unspecified atom stereocenters. The fraction of sp³-hybridized carbons (Fsp3) is 0.692. The second kappa shape index (κ2) is 9.14. The van der Waals surface area contributed by atoms with E-state index >= 15 is 0 Å². The van der Waals surface area contributed by atoms with E-state index in [2.05, 4.69) is 26.8 Å². The second-order valence-corrected chi connectivity index (χ2v) is 10.3. The first-order valence-electron chi connectivity index (χ1n) is 11.7. The van der Waals surface area contributed by atoms with Crippen LogP contribution in [0.2, 0.25) is 0 Å². The Bertz CT molecular complexity index is 850. The highest BCUT2D eigenvalue weighted by Gasteiger charge is 2.63. The van der Waals surface area contributed by atoms with Crippen molar-refractivity contribution in [2.24, 2.45) is 22.7 Å². The summed E-state index contributed by atoms with van der Waals surface area (Å²) in [6.07, 6.45) is 5.64. The van der Waals surface area contributed by atoms with Crippen LogP contribution in [0.15, 0.2) is 34.9 Å². The van der Waals surface area contributed by atoms with E-state index in [1.807, 2.05) is 13.0 Å². The molecule has 0 aromatic rings. The fourth-order valence-electron chi connectivity index (χ4n) is 6.16. The fourth-order valence-corrected chi connectivity index (χ4v) is 6.16. The summed E-state index contributed by atoms with van der Waals surface area (Å²) in [7, 11) is 0. The molecule has 3 aliphatic rings. The molecule has 2 aliphatic carbocycles. The van der Waals surface area contributed by atoms with Crippen LogP contribution in [0.5, 0.6) is 0 Å². The number of carbonyl (C=O) groups is 2. The van der Waals surface area contributed by atoms with Crippen LogP contribution in [-0.4, -0.2) is 42.1 Å². The summed E-state index contributed by atoms with van der Waals surface area (Å²) < 4.78 is 17.6. The number of allylic oxidation sites excluding steroid dienone is 3. The van der Waals surface area contributed by atoms with E-state index in [9.17, 15) is 14.7 Å². The van der Waals surface area contributed by atoms with E-state index in [0.717, 1.165) is 18.4 Å². The maximum atomic E-state index is 12.9. The second-order valence-electron chi connectivity index (χ2n) is 10.3. The number of hydrogen-bond donors (Lipinski definition) is 1. The average molecular weight is 447 g/mol. The van der Waals surface area contributed by atoms with Crippen LogP contribution < -0.4 is 0 Å². The molecule has 6 nitrogen and oxygen atoms in total. The molecule has 2 fully saturated rings. The summed E-state index contributed by atoms with van der Waals surface area (Å²) in [6.45, 7) is 14.0. The molecule has 6 atom stereocenters. The molecule has 1 heterocycles. The van der Waals surface area contributed by atoms with Crippen molar-refractivity contribution in [2.75, 3.05) is 6.61 Å². The average Bonchev–Trinajstić information content (AvgIpc) is 3.12. The number of carbonyl (C=O) groups excluding carboxylic acids is 2. The van der Waals surface area contributed by atoms with Crippen molar-refractivity contribution < 1.29 is 28.9 Å². The van der Waals surface area contributed by atoms with Crippen LogP contribution in [0.25, 0.3) is 0 Å². The summed E-state index contributed by atoms with van der Waals surface area (Å²) >= 11 is 0. The van der Waals surface area contributed by atoms with Gasteiger partial charge in [-0.15, -0.1) is 0 Å². The lowest BCUT2D eigenvalue weighted by molar-refractivity contribution is -0.220. The Balaban J connectivity index is 2.02. The van der Waals surface area contributed by atoms with Crippen molar-refractivity contribution in [1.82, 2.24) is 0 Å². The highest BCUT2D eigenvalue weighted by atomic mass is 16.6. The topological polar surface area (TPSA) is 82.1 Å². The predicted octanol–water partition coefficient (Wildman–Crippen LogP) is 4.48. The number of rotatable bonds is 5. The van der Waals surface area contributed by atoms with Gasteiger partial charge in [-0.1, -0.05) is 45.9 Å². The van der Waals surface area contributed by atoms with Crippen LogP contribution >= 0.6 is 0 Å². The quantitative estimate of drug-likeness (QED) is 0.381. The normalized spacial score (nSPS) is 36.6. The summed E-state index contributed by atoms with van der Waals surface area (Å²) in [4.78, 5) is 25.6. The van der Waals surface area contributed by atoms with Crippen LogP contribution in [0.1, 0.15) is 67.7 Å². The molecule has 0 aromatic heterocycles. The first-order chi connectivity index (χ1) is 15.0. The first kappa shape index (κ1) is 24.7. The minimum Gasteiger partial charge on any atom is -0.455 e. The lowest BCUT2D eigenvalue weighted by Crippen LogP contribution is -2.62. The predicted molar refractivity (Wildman–Crippen MR) is 121 cm³/mol. The number of aliphatic hydroxyl groups excluding tert-OH is 1. The molecule has 1 saturated carbocycles. The van der Waals surface area contributed by atoms with Gasteiger partial charge in [-0.05, 0) is 56.9 Å². The van der Waals surface area contributed by atoms with E-state index in [0.29, 0.717) is 24.2 Å². The van der Waals surface area contributed by atoms with Gasteiger partial charge in [-0.2, -0.15) is 0 Å². The Labute approximate surface area is 191 Å². The van der Waals surface area contributed by atoms with Gasteiger partial charge >= 0.3 is 11.9 Å². The van der Waals surface area contributed by atoms with Crippen molar-refractivity contribution >= 4 is 11.9 Å². The Morgan fingerprint density at radius 3 is 2.47 bits per heavy atom. The van der Waals surface area contributed by atoms with Gasteiger partial charge in [-0.25, -0.2) is 9.59 Å². The summed E-state index contributed by atoms with van der Waals surface area (Å²) in [6, 6.07) is 0. The highest BCUT2D eigenvalue weighted by Crippen LogP contribution is 2.62. The summed E-state index contributed by atoms with van der Waals surface area (Å²) in [5, 5.41) is 10.7. The molecule has 32 heavy (non-hydrogen) atoms. The Kier molecular flexibility index (Phi) is 7.06. The zero-order valence-corrected chi connectivity index (χ0v) is 20.4. The van der Waals surface area contributed by atoms with Gasteiger partial charge in [0.05, 0.1) is 6.61 Å². The summed E-state index contributed by atoms with van der Waals surface area (Å²) in [5.74, 6) is -0.838. The monoisotopic (exact) mass is 446 g/mol. The molecule has 1 N–H and O–H groups in total. The number of fused-ring (bicyclic) bond motifs is 3. The van der Waals surface area contributed by atoms with Gasteiger partial charge in [0.1, 0.15) is 12.2 Å². The zero-order chi connectivity index (χ0) is 23.8. The number of hydrogen-bond acceptors (Lipinski definition) is 6. The van der Waals surface area contributed by atoms with E-state index in [4.69, 9.17) is 14.2 Å². The van der Waals surface area contributed by atoms with Crippen molar-refractivity contribution in [3.63, 3.8) is 0 Å². The van der Waals surface area contributed by atoms with Gasteiger partial charge in [0.25, 0.3) is 0 Å². The highest BCUT2D eigenvalue weighted by molar-refractivity contribution is 5.88. The smallest absolute Gasteiger partial charge is 0.333 e. The van der Waals surface area contributed by atoms with Crippen molar-refractivity contribution in [2.45, 2.75) is 86.2 Å². The molecule has 1 aliphatic heterocycles. The Hall–Kier alpha value is -1.92. The SMILES string of the molecule is C/C=C(/C)C(=O)O[C@H]1[C@H](OC(=O)/C(C)=C\CC)C[C@]2(C)C3C(=CC[C@H]2C1(C)C)CO[C@H]3O. The molecule has 0 radical (unpaired) electrons. The molecule has 0 bridgehead atoms. The van der Waals surface area contributed by atoms with Crippen LogP contribution in [0, 0.1) is 22.7 Å². The van der Waals surface area contributed by atoms with Crippen molar-refractivity contribution in [1.29, 1.82) is 0 Å². The third-order valence-corrected chi connectivity index (χ3v) is 7.92. The molecule has 1 saturated heterocycles. The molecule has 0 spiro atoms. The van der Waals surface area contributed by atoms with E-state index in [1.165, 1.54) is 0 Å². The molecule has 6 heteroatoms. The molecule has 3 rings (SSSR count). The molecular weight excluding hydrogens is 408 g/mol. The van der Waals surface area contributed by atoms with Crippen LogP contribution in [0.3, 0.4) is 0 Å². The lowest BCUT2D eigenvalue weighted by atomic mass is 9.47.